The maximum atomic E-state index is 9.08. The largest absolute Gasteiger partial charge is 0.496 e. The van der Waals surface area contributed by atoms with Crippen LogP contribution in [0, 0.1) is 0 Å². The molecule has 0 atom stereocenters. The zero-order valence-corrected chi connectivity index (χ0v) is 10.2. The van der Waals surface area contributed by atoms with E-state index in [2.05, 4.69) is 26.1 Å². The highest BCUT2D eigenvalue weighted by molar-refractivity contribution is 9.10. The quantitative estimate of drug-likeness (QED) is 0.928. The molecule has 0 fully saturated rings. The van der Waals surface area contributed by atoms with Gasteiger partial charge in [-0.15, -0.1) is 10.2 Å². The highest BCUT2D eigenvalue weighted by Crippen LogP contribution is 2.27. The van der Waals surface area contributed by atoms with Crippen LogP contribution in [0.1, 0.15) is 5.82 Å². The average Bonchev–Trinajstić information content (AvgIpc) is 2.77. The fourth-order valence-corrected chi connectivity index (χ4v) is 1.92. The number of aliphatic hydroxyl groups is 1. The smallest absolute Gasteiger partial charge is 0.163 e. The molecule has 0 radical (unpaired) electrons. The maximum Gasteiger partial charge on any atom is 0.163 e. The van der Waals surface area contributed by atoms with Crippen molar-refractivity contribution in [1.29, 1.82) is 0 Å². The van der Waals surface area contributed by atoms with Crippen LogP contribution in [-0.2, 0) is 6.61 Å². The van der Waals surface area contributed by atoms with Gasteiger partial charge in [0.15, 0.2) is 5.82 Å². The van der Waals surface area contributed by atoms with Crippen LogP contribution in [0.25, 0.3) is 5.69 Å². The van der Waals surface area contributed by atoms with Gasteiger partial charge in [0.2, 0.25) is 0 Å². The predicted molar refractivity (Wildman–Crippen MR) is 61.5 cm³/mol. The Labute approximate surface area is 101 Å². The van der Waals surface area contributed by atoms with Crippen molar-refractivity contribution in [3.05, 3.63) is 34.8 Å². The van der Waals surface area contributed by atoms with Crippen molar-refractivity contribution in [3.8, 4) is 11.4 Å². The van der Waals surface area contributed by atoms with Crippen molar-refractivity contribution >= 4 is 15.9 Å². The monoisotopic (exact) mass is 283 g/mol. The molecule has 0 saturated heterocycles. The lowest BCUT2D eigenvalue weighted by molar-refractivity contribution is 0.269. The van der Waals surface area contributed by atoms with Crippen LogP contribution in [0.3, 0.4) is 0 Å². The van der Waals surface area contributed by atoms with Crippen LogP contribution < -0.4 is 4.74 Å². The molecule has 2 rings (SSSR count). The molecule has 5 nitrogen and oxygen atoms in total. The molecule has 1 N–H and O–H groups in total. The summed E-state index contributed by atoms with van der Waals surface area (Å²) in [5, 5.41) is 16.6. The van der Waals surface area contributed by atoms with Gasteiger partial charge in [-0.3, -0.25) is 4.57 Å². The summed E-state index contributed by atoms with van der Waals surface area (Å²) in [5.74, 6) is 1.25. The predicted octanol–water partition coefficient (Wildman–Crippen LogP) is 1.53. The van der Waals surface area contributed by atoms with Crippen molar-refractivity contribution in [2.24, 2.45) is 0 Å². The molecule has 1 aromatic carbocycles. The molecule has 0 amide bonds. The minimum Gasteiger partial charge on any atom is -0.496 e. The number of aromatic nitrogens is 3. The Kier molecular flexibility index (Phi) is 3.21. The highest BCUT2D eigenvalue weighted by Gasteiger charge is 2.07. The van der Waals surface area contributed by atoms with Gasteiger partial charge >= 0.3 is 0 Å². The molecule has 0 aliphatic carbocycles. The molecular formula is C10H10BrN3O2. The van der Waals surface area contributed by atoms with E-state index in [0.29, 0.717) is 5.82 Å². The number of halogens is 1. The fraction of sp³-hybridized carbons (Fsp3) is 0.200. The molecule has 0 aliphatic rings. The maximum absolute atomic E-state index is 9.08. The van der Waals surface area contributed by atoms with Crippen molar-refractivity contribution in [3.63, 3.8) is 0 Å². The van der Waals surface area contributed by atoms with Gasteiger partial charge in [0, 0.05) is 5.69 Å². The van der Waals surface area contributed by atoms with E-state index in [1.807, 2.05) is 18.2 Å². The molecule has 16 heavy (non-hydrogen) atoms. The van der Waals surface area contributed by atoms with E-state index >= 15 is 0 Å². The summed E-state index contributed by atoms with van der Waals surface area (Å²) in [6.07, 6.45) is 1.56. The van der Waals surface area contributed by atoms with Gasteiger partial charge in [0.25, 0.3) is 0 Å². The van der Waals surface area contributed by atoms with Gasteiger partial charge in [-0.1, -0.05) is 0 Å². The number of ether oxygens (including phenoxy) is 1. The molecule has 0 bridgehead atoms. The summed E-state index contributed by atoms with van der Waals surface area (Å²) in [6.45, 7) is -0.149. The minimum absolute atomic E-state index is 0.149. The van der Waals surface area contributed by atoms with Gasteiger partial charge < -0.3 is 9.84 Å². The molecule has 0 unspecified atom stereocenters. The Bertz CT molecular complexity index is 499. The van der Waals surface area contributed by atoms with Crippen LogP contribution in [-0.4, -0.2) is 27.0 Å². The van der Waals surface area contributed by atoms with Crippen molar-refractivity contribution in [2.45, 2.75) is 6.61 Å². The van der Waals surface area contributed by atoms with E-state index in [0.717, 1.165) is 15.9 Å². The first-order valence-electron chi connectivity index (χ1n) is 4.60. The van der Waals surface area contributed by atoms with Crippen molar-refractivity contribution in [1.82, 2.24) is 14.8 Å². The summed E-state index contributed by atoms with van der Waals surface area (Å²) in [7, 11) is 1.61. The Hall–Kier alpha value is -1.40. The summed E-state index contributed by atoms with van der Waals surface area (Å²) in [6, 6.07) is 5.58. The zero-order chi connectivity index (χ0) is 11.5. The van der Waals surface area contributed by atoms with E-state index in [1.54, 1.807) is 18.0 Å². The lowest BCUT2D eigenvalue weighted by atomic mass is 10.3. The number of nitrogens with zero attached hydrogens (tertiary/aromatic N) is 3. The van der Waals surface area contributed by atoms with E-state index in [9.17, 15) is 0 Å². The van der Waals surface area contributed by atoms with Gasteiger partial charge in [0.1, 0.15) is 18.7 Å². The fourth-order valence-electron chi connectivity index (χ4n) is 1.39. The molecule has 0 spiro atoms. The Morgan fingerprint density at radius 2 is 2.31 bits per heavy atom. The van der Waals surface area contributed by atoms with Gasteiger partial charge in [0.05, 0.1) is 11.6 Å². The van der Waals surface area contributed by atoms with E-state index in [1.165, 1.54) is 0 Å². The Morgan fingerprint density at radius 1 is 1.50 bits per heavy atom. The lowest BCUT2D eigenvalue weighted by Gasteiger charge is -2.08. The molecule has 1 aromatic heterocycles. The number of hydrogen-bond donors (Lipinski definition) is 1. The molecule has 6 heteroatoms. The minimum atomic E-state index is -0.149. The average molecular weight is 284 g/mol. The number of aliphatic hydroxyl groups excluding tert-OH is 1. The van der Waals surface area contributed by atoms with Gasteiger partial charge in [-0.25, -0.2) is 0 Å². The number of benzene rings is 1. The molecule has 0 aliphatic heterocycles. The van der Waals surface area contributed by atoms with E-state index in [4.69, 9.17) is 9.84 Å². The standard InChI is InChI=1S/C10H10BrN3O2/c1-16-9-3-2-7(4-8(9)11)14-6-12-13-10(14)5-15/h2-4,6,15H,5H2,1H3. The highest BCUT2D eigenvalue weighted by atomic mass is 79.9. The number of methoxy groups -OCH3 is 1. The van der Waals surface area contributed by atoms with Gasteiger partial charge in [-0.05, 0) is 34.1 Å². The zero-order valence-electron chi connectivity index (χ0n) is 8.59. The van der Waals surface area contributed by atoms with Crippen LogP contribution in [0.15, 0.2) is 29.0 Å². The van der Waals surface area contributed by atoms with E-state index < -0.39 is 0 Å². The molecule has 84 valence electrons. The SMILES string of the molecule is COc1ccc(-n2cnnc2CO)cc1Br. The second-order valence-electron chi connectivity index (χ2n) is 3.09. The second kappa shape index (κ2) is 4.63. The summed E-state index contributed by atoms with van der Waals surface area (Å²) >= 11 is 3.40. The first-order valence-corrected chi connectivity index (χ1v) is 5.39. The summed E-state index contributed by atoms with van der Waals surface area (Å²) in [4.78, 5) is 0. The topological polar surface area (TPSA) is 60.2 Å². The number of rotatable bonds is 3. The molecule has 2 aromatic rings. The normalized spacial score (nSPS) is 10.4. The third kappa shape index (κ3) is 1.94. The van der Waals surface area contributed by atoms with Crippen LogP contribution >= 0.6 is 15.9 Å². The molecule has 0 saturated carbocycles. The Balaban J connectivity index is 2.45. The van der Waals surface area contributed by atoms with Crippen LogP contribution in [0.2, 0.25) is 0 Å². The Morgan fingerprint density at radius 3 is 2.94 bits per heavy atom. The first-order chi connectivity index (χ1) is 7.76. The van der Waals surface area contributed by atoms with Crippen molar-refractivity contribution < 1.29 is 9.84 Å². The number of hydrogen-bond acceptors (Lipinski definition) is 4. The molecular weight excluding hydrogens is 274 g/mol. The third-order valence-corrected chi connectivity index (χ3v) is 2.79. The first kappa shape index (κ1) is 11.1. The lowest BCUT2D eigenvalue weighted by Crippen LogP contribution is -2.00. The van der Waals surface area contributed by atoms with Crippen LogP contribution in [0.4, 0.5) is 0 Å². The summed E-state index contributed by atoms with van der Waals surface area (Å²) < 4.78 is 7.69. The van der Waals surface area contributed by atoms with Crippen LogP contribution in [0.5, 0.6) is 5.75 Å². The van der Waals surface area contributed by atoms with Gasteiger partial charge in [-0.2, -0.15) is 0 Å². The molecule has 1 heterocycles. The third-order valence-electron chi connectivity index (χ3n) is 2.17. The summed E-state index contributed by atoms with van der Waals surface area (Å²) in [5.41, 5.74) is 0.863. The van der Waals surface area contributed by atoms with E-state index in [-0.39, 0.29) is 6.61 Å². The second-order valence-corrected chi connectivity index (χ2v) is 3.95. The van der Waals surface area contributed by atoms with Crippen molar-refractivity contribution in [2.75, 3.05) is 7.11 Å².